The fourth-order valence-electron chi connectivity index (χ4n) is 3.57. The maximum Gasteiger partial charge on any atom is 0.261 e. The van der Waals surface area contributed by atoms with E-state index in [9.17, 15) is 4.79 Å². The molecule has 2 aromatic carbocycles. The van der Waals surface area contributed by atoms with Crippen LogP contribution in [0.15, 0.2) is 36.4 Å². The Balaban J connectivity index is 1.75. The lowest BCUT2D eigenvalue weighted by Gasteiger charge is -2.26. The highest BCUT2D eigenvalue weighted by Gasteiger charge is 2.32. The van der Waals surface area contributed by atoms with E-state index in [1.54, 1.807) is 32.4 Å². The van der Waals surface area contributed by atoms with Gasteiger partial charge in [0.25, 0.3) is 5.91 Å². The minimum absolute atomic E-state index is 0.0981. The van der Waals surface area contributed by atoms with Gasteiger partial charge in [-0.15, -0.1) is 0 Å². The first-order valence-corrected chi connectivity index (χ1v) is 9.33. The fourth-order valence-corrected chi connectivity index (χ4v) is 3.57. The number of nitriles is 1. The first-order valence-electron chi connectivity index (χ1n) is 9.33. The van der Waals surface area contributed by atoms with Gasteiger partial charge >= 0.3 is 0 Å². The predicted octanol–water partition coefficient (Wildman–Crippen LogP) is 3.33. The molecule has 0 radical (unpaired) electrons. The van der Waals surface area contributed by atoms with Gasteiger partial charge in [0, 0.05) is 18.2 Å². The highest BCUT2D eigenvalue weighted by molar-refractivity contribution is 5.79. The SMILES string of the molecule is COc1ccc(OC)c([C@@H]2CCCN2C(=O)COc2ccc(C#N)cc2OC)c1. The average Bonchev–Trinajstić information content (AvgIpc) is 3.26. The quantitative estimate of drug-likeness (QED) is 0.714. The van der Waals surface area contributed by atoms with E-state index in [1.807, 2.05) is 29.2 Å². The van der Waals surface area contributed by atoms with Crippen molar-refractivity contribution in [2.24, 2.45) is 0 Å². The van der Waals surface area contributed by atoms with Gasteiger partial charge in [-0.25, -0.2) is 0 Å². The summed E-state index contributed by atoms with van der Waals surface area (Å²) < 4.78 is 21.8. The van der Waals surface area contributed by atoms with Crippen LogP contribution in [0.4, 0.5) is 0 Å². The largest absolute Gasteiger partial charge is 0.497 e. The normalized spacial score (nSPS) is 15.5. The van der Waals surface area contributed by atoms with Gasteiger partial charge in [-0.3, -0.25) is 4.79 Å². The third-order valence-corrected chi connectivity index (χ3v) is 5.01. The van der Waals surface area contributed by atoms with Crippen LogP contribution < -0.4 is 18.9 Å². The second-order valence-corrected chi connectivity index (χ2v) is 6.62. The zero-order valence-corrected chi connectivity index (χ0v) is 16.8. The Kier molecular flexibility index (Phi) is 6.45. The summed E-state index contributed by atoms with van der Waals surface area (Å²) in [4.78, 5) is 14.7. The third-order valence-electron chi connectivity index (χ3n) is 5.01. The molecule has 152 valence electrons. The van der Waals surface area contributed by atoms with E-state index in [4.69, 9.17) is 24.2 Å². The monoisotopic (exact) mass is 396 g/mol. The number of likely N-dealkylation sites (tertiary alicyclic amines) is 1. The molecule has 0 spiro atoms. The van der Waals surface area contributed by atoms with E-state index in [2.05, 4.69) is 0 Å². The Morgan fingerprint density at radius 3 is 2.52 bits per heavy atom. The molecular weight excluding hydrogens is 372 g/mol. The van der Waals surface area contributed by atoms with Gasteiger partial charge in [-0.2, -0.15) is 5.26 Å². The molecule has 7 nitrogen and oxygen atoms in total. The van der Waals surface area contributed by atoms with Gasteiger partial charge < -0.3 is 23.8 Å². The van der Waals surface area contributed by atoms with Crippen molar-refractivity contribution in [3.63, 3.8) is 0 Å². The van der Waals surface area contributed by atoms with Crippen LogP contribution in [0.2, 0.25) is 0 Å². The molecule has 0 aliphatic carbocycles. The summed E-state index contributed by atoms with van der Waals surface area (Å²) in [5.41, 5.74) is 1.39. The highest BCUT2D eigenvalue weighted by Crippen LogP contribution is 2.39. The number of benzene rings is 2. The number of hydrogen-bond donors (Lipinski definition) is 0. The minimum Gasteiger partial charge on any atom is -0.497 e. The van der Waals surface area contributed by atoms with Crippen molar-refractivity contribution in [2.45, 2.75) is 18.9 Å². The van der Waals surface area contributed by atoms with Crippen molar-refractivity contribution >= 4 is 5.91 Å². The predicted molar refractivity (Wildman–Crippen MR) is 106 cm³/mol. The second kappa shape index (κ2) is 9.20. The number of amides is 1. The number of ether oxygens (including phenoxy) is 4. The highest BCUT2D eigenvalue weighted by atomic mass is 16.5. The van der Waals surface area contributed by atoms with E-state index in [-0.39, 0.29) is 18.6 Å². The zero-order valence-electron chi connectivity index (χ0n) is 16.8. The second-order valence-electron chi connectivity index (χ2n) is 6.62. The fraction of sp³-hybridized carbons (Fsp3) is 0.364. The van der Waals surface area contributed by atoms with Crippen LogP contribution in [0, 0.1) is 11.3 Å². The molecule has 0 N–H and O–H groups in total. The van der Waals surface area contributed by atoms with E-state index in [0.29, 0.717) is 23.6 Å². The Bertz CT molecular complexity index is 922. The Hall–Kier alpha value is -3.40. The van der Waals surface area contributed by atoms with Crippen molar-refractivity contribution in [3.05, 3.63) is 47.5 Å². The van der Waals surface area contributed by atoms with Gasteiger partial charge in [-0.1, -0.05) is 0 Å². The Morgan fingerprint density at radius 2 is 1.83 bits per heavy atom. The van der Waals surface area contributed by atoms with Crippen LogP contribution in [0.3, 0.4) is 0 Å². The molecule has 7 heteroatoms. The topological polar surface area (TPSA) is 81.0 Å². The van der Waals surface area contributed by atoms with Crippen molar-refractivity contribution < 1.29 is 23.7 Å². The summed E-state index contributed by atoms with van der Waals surface area (Å²) in [5.74, 6) is 2.17. The first-order chi connectivity index (χ1) is 14.1. The molecule has 1 aliphatic rings. The number of carbonyl (C=O) groups excluding carboxylic acids is 1. The zero-order chi connectivity index (χ0) is 20.8. The number of carbonyl (C=O) groups is 1. The molecule has 0 saturated carbocycles. The van der Waals surface area contributed by atoms with Gasteiger partial charge in [-0.05, 0) is 43.2 Å². The lowest BCUT2D eigenvalue weighted by Crippen LogP contribution is -2.34. The van der Waals surface area contributed by atoms with Gasteiger partial charge in [0.15, 0.2) is 18.1 Å². The molecule has 1 aliphatic heterocycles. The number of rotatable bonds is 7. The maximum absolute atomic E-state index is 12.9. The van der Waals surface area contributed by atoms with Crippen molar-refractivity contribution in [1.82, 2.24) is 4.90 Å². The van der Waals surface area contributed by atoms with E-state index >= 15 is 0 Å². The third kappa shape index (κ3) is 4.37. The first kappa shape index (κ1) is 20.3. The molecule has 1 heterocycles. The minimum atomic E-state index is -0.121. The molecule has 0 unspecified atom stereocenters. The molecular formula is C22H24N2O5. The van der Waals surface area contributed by atoms with Gasteiger partial charge in [0.05, 0.1) is 39.0 Å². The average molecular weight is 396 g/mol. The summed E-state index contributed by atoms with van der Waals surface area (Å²) in [5, 5.41) is 9.00. The Morgan fingerprint density at radius 1 is 1.07 bits per heavy atom. The van der Waals surface area contributed by atoms with Crippen LogP contribution in [0.1, 0.15) is 30.0 Å². The number of nitrogens with zero attached hydrogens (tertiary/aromatic N) is 2. The standard InChI is InChI=1S/C22H24N2O5/c1-26-16-7-9-19(27-2)17(12-16)18-5-4-10-24(18)22(25)14-29-20-8-6-15(13-23)11-21(20)28-3/h6-9,11-12,18H,4-5,10,14H2,1-3H3/t18-/m0/s1. The van der Waals surface area contributed by atoms with E-state index < -0.39 is 0 Å². The summed E-state index contributed by atoms with van der Waals surface area (Å²) in [6.07, 6.45) is 1.74. The van der Waals surface area contributed by atoms with Gasteiger partial charge in [0.2, 0.25) is 0 Å². The van der Waals surface area contributed by atoms with Crippen LogP contribution in [-0.2, 0) is 4.79 Å². The van der Waals surface area contributed by atoms with Crippen LogP contribution in [0.5, 0.6) is 23.0 Å². The van der Waals surface area contributed by atoms with Crippen molar-refractivity contribution in [2.75, 3.05) is 34.5 Å². The van der Waals surface area contributed by atoms with Crippen molar-refractivity contribution in [1.29, 1.82) is 5.26 Å². The summed E-state index contributed by atoms with van der Waals surface area (Å²) in [7, 11) is 4.73. The lowest BCUT2D eigenvalue weighted by atomic mass is 10.0. The van der Waals surface area contributed by atoms with E-state index in [0.717, 1.165) is 29.9 Å². The molecule has 0 aromatic heterocycles. The molecule has 0 bridgehead atoms. The molecule has 1 amide bonds. The summed E-state index contributed by atoms with van der Waals surface area (Å²) in [6.45, 7) is 0.531. The smallest absolute Gasteiger partial charge is 0.261 e. The lowest BCUT2D eigenvalue weighted by molar-refractivity contribution is -0.134. The summed E-state index contributed by atoms with van der Waals surface area (Å²) in [6, 6.07) is 12.4. The molecule has 3 rings (SSSR count). The van der Waals surface area contributed by atoms with Crippen molar-refractivity contribution in [3.8, 4) is 29.1 Å². The number of hydrogen-bond acceptors (Lipinski definition) is 6. The molecule has 29 heavy (non-hydrogen) atoms. The van der Waals surface area contributed by atoms with Gasteiger partial charge in [0.1, 0.15) is 11.5 Å². The number of methoxy groups -OCH3 is 3. The Labute approximate surface area is 170 Å². The molecule has 1 atom stereocenters. The molecule has 1 saturated heterocycles. The van der Waals surface area contributed by atoms with Crippen LogP contribution >= 0.6 is 0 Å². The van der Waals surface area contributed by atoms with E-state index in [1.165, 1.54) is 7.11 Å². The maximum atomic E-state index is 12.9. The molecule has 2 aromatic rings. The van der Waals surface area contributed by atoms with Crippen LogP contribution in [-0.4, -0.2) is 45.3 Å². The summed E-state index contributed by atoms with van der Waals surface area (Å²) >= 11 is 0. The van der Waals surface area contributed by atoms with Crippen LogP contribution in [0.25, 0.3) is 0 Å². The molecule has 1 fully saturated rings.